The zero-order valence-corrected chi connectivity index (χ0v) is 16.0. The number of nitrogens with zero attached hydrogens (tertiary/aromatic N) is 1. The Bertz CT molecular complexity index is 856. The van der Waals surface area contributed by atoms with Crippen molar-refractivity contribution in [2.24, 2.45) is 0 Å². The van der Waals surface area contributed by atoms with Crippen molar-refractivity contribution >= 4 is 34.0 Å². The second-order valence-electron chi connectivity index (χ2n) is 7.10. The highest BCUT2D eigenvalue weighted by Gasteiger charge is 2.24. The van der Waals surface area contributed by atoms with Gasteiger partial charge in [-0.3, -0.25) is 9.59 Å². The highest BCUT2D eigenvalue weighted by molar-refractivity contribution is 7.17. The van der Waals surface area contributed by atoms with Gasteiger partial charge >= 0.3 is 0 Å². The first kappa shape index (κ1) is 17.9. The first-order valence-corrected chi connectivity index (χ1v) is 10.1. The van der Waals surface area contributed by atoms with Gasteiger partial charge in [-0.2, -0.15) is 0 Å². The van der Waals surface area contributed by atoms with Crippen molar-refractivity contribution in [2.75, 3.05) is 23.7 Å². The summed E-state index contributed by atoms with van der Waals surface area (Å²) in [5, 5.41) is 13.3. The zero-order chi connectivity index (χ0) is 18.8. The number of aromatic nitrogens is 1. The standard InChI is InChI=1S/C19H23N5O2S/c1-11-2-3-12(17(25)22-13-4-5-13)8-15(11)24-18(26)16-10-21-19(27-16)23-14-6-7-20-9-14/h2-3,8,10,13-14,20H,4-7,9H2,1H3,(H,21,23)(H,22,25)(H,24,26). The van der Waals surface area contributed by atoms with Crippen LogP contribution in [0.1, 0.15) is 44.9 Å². The topological polar surface area (TPSA) is 95.2 Å². The second kappa shape index (κ2) is 7.66. The van der Waals surface area contributed by atoms with Crippen molar-refractivity contribution in [3.63, 3.8) is 0 Å². The number of benzene rings is 1. The molecule has 2 aromatic rings. The van der Waals surface area contributed by atoms with Crippen LogP contribution in [0, 0.1) is 6.92 Å². The monoisotopic (exact) mass is 385 g/mol. The van der Waals surface area contributed by atoms with Crippen LogP contribution in [0.15, 0.2) is 24.4 Å². The summed E-state index contributed by atoms with van der Waals surface area (Å²) in [4.78, 5) is 29.7. The van der Waals surface area contributed by atoms with Crippen LogP contribution in [0.2, 0.25) is 0 Å². The van der Waals surface area contributed by atoms with E-state index in [-0.39, 0.29) is 11.8 Å². The van der Waals surface area contributed by atoms with E-state index in [2.05, 4.69) is 26.3 Å². The van der Waals surface area contributed by atoms with E-state index in [0.717, 1.165) is 43.0 Å². The number of aryl methyl sites for hydroxylation is 1. The van der Waals surface area contributed by atoms with Crippen LogP contribution in [0.5, 0.6) is 0 Å². The Morgan fingerprint density at radius 3 is 2.78 bits per heavy atom. The highest BCUT2D eigenvalue weighted by Crippen LogP contribution is 2.24. The van der Waals surface area contributed by atoms with Gasteiger partial charge in [0.05, 0.1) is 6.20 Å². The van der Waals surface area contributed by atoms with Gasteiger partial charge in [-0.1, -0.05) is 17.4 Å². The molecular weight excluding hydrogens is 362 g/mol. The van der Waals surface area contributed by atoms with Crippen molar-refractivity contribution in [1.29, 1.82) is 0 Å². The molecule has 142 valence electrons. The van der Waals surface area contributed by atoms with E-state index in [1.54, 1.807) is 18.3 Å². The minimum atomic E-state index is -0.215. The van der Waals surface area contributed by atoms with E-state index in [1.807, 2.05) is 13.0 Å². The average Bonchev–Trinajstić information content (AvgIpc) is 3.12. The van der Waals surface area contributed by atoms with Gasteiger partial charge in [0.15, 0.2) is 5.13 Å². The van der Waals surface area contributed by atoms with Crippen molar-refractivity contribution in [2.45, 2.75) is 38.3 Å². The summed E-state index contributed by atoms with van der Waals surface area (Å²) in [5.74, 6) is -0.310. The Hall–Kier alpha value is -2.45. The summed E-state index contributed by atoms with van der Waals surface area (Å²) in [6.45, 7) is 3.82. The Balaban J connectivity index is 1.42. The number of hydrogen-bond donors (Lipinski definition) is 4. The quantitative estimate of drug-likeness (QED) is 0.612. The number of anilines is 2. The van der Waals surface area contributed by atoms with Gasteiger partial charge in [0.1, 0.15) is 4.88 Å². The molecular formula is C19H23N5O2S. The van der Waals surface area contributed by atoms with Crippen molar-refractivity contribution < 1.29 is 9.59 Å². The molecule has 0 bridgehead atoms. The number of carbonyl (C=O) groups is 2. The van der Waals surface area contributed by atoms with Crippen LogP contribution in [0.25, 0.3) is 0 Å². The lowest BCUT2D eigenvalue weighted by molar-refractivity contribution is 0.0949. The van der Waals surface area contributed by atoms with Crippen molar-refractivity contribution in [1.82, 2.24) is 15.6 Å². The average molecular weight is 385 g/mol. The van der Waals surface area contributed by atoms with Gasteiger partial charge in [0, 0.05) is 29.9 Å². The third kappa shape index (κ3) is 4.45. The van der Waals surface area contributed by atoms with Crippen molar-refractivity contribution in [3.8, 4) is 0 Å². The second-order valence-corrected chi connectivity index (χ2v) is 8.13. The Kier molecular flexibility index (Phi) is 5.09. The van der Waals surface area contributed by atoms with E-state index in [4.69, 9.17) is 0 Å². The lowest BCUT2D eigenvalue weighted by Crippen LogP contribution is -2.25. The molecule has 2 fully saturated rings. The van der Waals surface area contributed by atoms with Crippen LogP contribution in [-0.4, -0.2) is 42.0 Å². The summed E-state index contributed by atoms with van der Waals surface area (Å²) >= 11 is 1.34. The molecule has 4 N–H and O–H groups in total. The molecule has 4 rings (SSSR count). The molecule has 1 atom stereocenters. The first-order chi connectivity index (χ1) is 13.1. The van der Waals surface area contributed by atoms with Crippen LogP contribution in [0.4, 0.5) is 10.8 Å². The number of carbonyl (C=O) groups excluding carboxylic acids is 2. The van der Waals surface area contributed by atoms with E-state index in [1.165, 1.54) is 11.3 Å². The molecule has 1 aromatic heterocycles. The Labute approximate surface area is 162 Å². The summed E-state index contributed by atoms with van der Waals surface area (Å²) < 4.78 is 0. The van der Waals surface area contributed by atoms with E-state index >= 15 is 0 Å². The number of hydrogen-bond acceptors (Lipinski definition) is 6. The molecule has 1 saturated carbocycles. The predicted octanol–water partition coefficient (Wildman–Crippen LogP) is 2.37. The minimum Gasteiger partial charge on any atom is -0.357 e. The third-order valence-corrected chi connectivity index (χ3v) is 5.71. The fraction of sp³-hybridized carbons (Fsp3) is 0.421. The number of nitrogens with one attached hydrogen (secondary N) is 4. The molecule has 0 spiro atoms. The smallest absolute Gasteiger partial charge is 0.267 e. The highest BCUT2D eigenvalue weighted by atomic mass is 32.1. The predicted molar refractivity (Wildman–Crippen MR) is 107 cm³/mol. The fourth-order valence-corrected chi connectivity index (χ4v) is 3.76. The molecule has 1 aliphatic carbocycles. The summed E-state index contributed by atoms with van der Waals surface area (Å²) in [6, 6.07) is 6.03. The lowest BCUT2D eigenvalue weighted by Gasteiger charge is -2.10. The van der Waals surface area contributed by atoms with Gasteiger partial charge in [0.25, 0.3) is 11.8 Å². The molecule has 27 heavy (non-hydrogen) atoms. The van der Waals surface area contributed by atoms with E-state index < -0.39 is 0 Å². The maximum atomic E-state index is 12.6. The van der Waals surface area contributed by atoms with Gasteiger partial charge < -0.3 is 21.3 Å². The maximum absolute atomic E-state index is 12.6. The summed E-state index contributed by atoms with van der Waals surface area (Å²) in [5.41, 5.74) is 2.11. The van der Waals surface area contributed by atoms with E-state index in [0.29, 0.717) is 28.2 Å². The minimum absolute atomic E-state index is 0.0950. The molecule has 2 heterocycles. The van der Waals surface area contributed by atoms with Crippen LogP contribution >= 0.6 is 11.3 Å². The molecule has 8 heteroatoms. The lowest BCUT2D eigenvalue weighted by atomic mass is 10.1. The molecule has 1 aromatic carbocycles. The fourth-order valence-electron chi connectivity index (χ4n) is 2.98. The number of amides is 2. The van der Waals surface area contributed by atoms with Gasteiger partial charge in [-0.25, -0.2) is 4.98 Å². The molecule has 0 radical (unpaired) electrons. The molecule has 1 aliphatic heterocycles. The largest absolute Gasteiger partial charge is 0.357 e. The molecule has 2 amide bonds. The zero-order valence-electron chi connectivity index (χ0n) is 15.2. The molecule has 2 aliphatic rings. The first-order valence-electron chi connectivity index (χ1n) is 9.24. The van der Waals surface area contributed by atoms with Crippen LogP contribution in [-0.2, 0) is 0 Å². The number of thiazole rings is 1. The number of rotatable bonds is 6. The van der Waals surface area contributed by atoms with Gasteiger partial charge in [0.2, 0.25) is 0 Å². The third-order valence-electron chi connectivity index (χ3n) is 4.78. The molecule has 1 unspecified atom stereocenters. The SMILES string of the molecule is Cc1ccc(C(=O)NC2CC2)cc1NC(=O)c1cnc(NC2CCNC2)s1. The Morgan fingerprint density at radius 2 is 2.04 bits per heavy atom. The molecule has 1 saturated heterocycles. The molecule has 7 nitrogen and oxygen atoms in total. The maximum Gasteiger partial charge on any atom is 0.267 e. The normalized spacial score (nSPS) is 18.9. The van der Waals surface area contributed by atoms with E-state index in [9.17, 15) is 9.59 Å². The van der Waals surface area contributed by atoms with Crippen LogP contribution in [0.3, 0.4) is 0 Å². The summed E-state index contributed by atoms with van der Waals surface area (Å²) in [6.07, 6.45) is 4.72. The Morgan fingerprint density at radius 1 is 1.19 bits per heavy atom. The van der Waals surface area contributed by atoms with Gasteiger partial charge in [-0.05, 0) is 50.4 Å². The van der Waals surface area contributed by atoms with Crippen molar-refractivity contribution in [3.05, 3.63) is 40.4 Å². The van der Waals surface area contributed by atoms with Gasteiger partial charge in [-0.15, -0.1) is 0 Å². The summed E-state index contributed by atoms with van der Waals surface area (Å²) in [7, 11) is 0. The van der Waals surface area contributed by atoms with Crippen LogP contribution < -0.4 is 21.3 Å².